The smallest absolute Gasteiger partial charge is 0.179 e. The Balaban J connectivity index is 2.79. The number of sulfone groups is 1. The van der Waals surface area contributed by atoms with E-state index in [0.29, 0.717) is 16.2 Å². The van der Waals surface area contributed by atoms with E-state index < -0.39 is 9.84 Å². The molecule has 5 heteroatoms. The van der Waals surface area contributed by atoms with Crippen LogP contribution in [0.1, 0.15) is 12.5 Å². The van der Waals surface area contributed by atoms with Crippen LogP contribution in [0.3, 0.4) is 0 Å². The summed E-state index contributed by atoms with van der Waals surface area (Å²) in [6, 6.07) is 8.00. The summed E-state index contributed by atoms with van der Waals surface area (Å²) in [5, 5.41) is 8.60. The fourth-order valence-electron chi connectivity index (χ4n) is 1.17. The van der Waals surface area contributed by atoms with Gasteiger partial charge in [0, 0.05) is 5.75 Å². The average Bonchev–Trinajstić information content (AvgIpc) is 2.29. The molecule has 0 fully saturated rings. The van der Waals surface area contributed by atoms with Crippen molar-refractivity contribution in [1.29, 1.82) is 5.26 Å². The zero-order valence-corrected chi connectivity index (χ0v) is 10.6. The topological polar surface area (TPSA) is 57.9 Å². The van der Waals surface area contributed by atoms with Crippen molar-refractivity contribution in [2.24, 2.45) is 0 Å². The van der Waals surface area contributed by atoms with Crippen molar-refractivity contribution >= 4 is 21.6 Å². The molecular formula is C11H13NO2S2. The first-order chi connectivity index (χ1) is 7.60. The van der Waals surface area contributed by atoms with Crippen LogP contribution in [0.4, 0.5) is 0 Å². The van der Waals surface area contributed by atoms with Gasteiger partial charge in [-0.2, -0.15) is 17.0 Å². The van der Waals surface area contributed by atoms with Crippen LogP contribution in [0.15, 0.2) is 29.2 Å². The molecule has 0 saturated carbocycles. The fraction of sp³-hybridized carbons (Fsp3) is 0.364. The van der Waals surface area contributed by atoms with Gasteiger partial charge in [-0.3, -0.25) is 0 Å². The van der Waals surface area contributed by atoms with Crippen molar-refractivity contribution in [3.8, 4) is 6.07 Å². The molecular weight excluding hydrogens is 242 g/mol. The molecule has 0 aliphatic carbocycles. The SMILES string of the molecule is CCSCCS(=O)(=O)c1ccc(C#N)cc1. The normalized spacial score (nSPS) is 11.0. The van der Waals surface area contributed by atoms with E-state index in [1.807, 2.05) is 13.0 Å². The Kier molecular flexibility index (Phi) is 4.84. The quantitative estimate of drug-likeness (QED) is 0.756. The first kappa shape index (κ1) is 13.1. The van der Waals surface area contributed by atoms with Crippen LogP contribution in [0.2, 0.25) is 0 Å². The van der Waals surface area contributed by atoms with Crippen LogP contribution >= 0.6 is 11.8 Å². The lowest BCUT2D eigenvalue weighted by molar-refractivity contribution is 0.597. The molecule has 0 heterocycles. The third-order valence-electron chi connectivity index (χ3n) is 2.04. The van der Waals surface area contributed by atoms with Crippen LogP contribution in [-0.2, 0) is 9.84 Å². The highest BCUT2D eigenvalue weighted by Crippen LogP contribution is 2.13. The van der Waals surface area contributed by atoms with Gasteiger partial charge in [0.25, 0.3) is 0 Å². The highest BCUT2D eigenvalue weighted by Gasteiger charge is 2.13. The summed E-state index contributed by atoms with van der Waals surface area (Å²) >= 11 is 1.61. The van der Waals surface area contributed by atoms with Gasteiger partial charge in [-0.15, -0.1) is 0 Å². The van der Waals surface area contributed by atoms with E-state index in [0.717, 1.165) is 5.75 Å². The lowest BCUT2D eigenvalue weighted by Gasteiger charge is -2.03. The lowest BCUT2D eigenvalue weighted by atomic mass is 10.2. The van der Waals surface area contributed by atoms with Crippen molar-refractivity contribution in [3.05, 3.63) is 29.8 Å². The highest BCUT2D eigenvalue weighted by atomic mass is 32.2. The number of nitriles is 1. The molecule has 0 atom stereocenters. The minimum atomic E-state index is -3.19. The van der Waals surface area contributed by atoms with Crippen LogP contribution in [0.25, 0.3) is 0 Å². The van der Waals surface area contributed by atoms with Gasteiger partial charge in [-0.25, -0.2) is 8.42 Å². The highest BCUT2D eigenvalue weighted by molar-refractivity contribution is 8.00. The number of rotatable bonds is 5. The molecule has 0 aromatic heterocycles. The van der Waals surface area contributed by atoms with Crippen molar-refractivity contribution < 1.29 is 8.42 Å². The summed E-state index contributed by atoms with van der Waals surface area (Å²) in [5.74, 6) is 1.68. The molecule has 0 spiro atoms. The molecule has 3 nitrogen and oxygen atoms in total. The molecule has 16 heavy (non-hydrogen) atoms. The molecule has 86 valence electrons. The lowest BCUT2D eigenvalue weighted by Crippen LogP contribution is -2.08. The van der Waals surface area contributed by atoms with E-state index in [2.05, 4.69) is 0 Å². The fourth-order valence-corrected chi connectivity index (χ4v) is 3.59. The van der Waals surface area contributed by atoms with E-state index >= 15 is 0 Å². The largest absolute Gasteiger partial charge is 0.224 e. The van der Waals surface area contributed by atoms with Crippen LogP contribution in [0, 0.1) is 11.3 Å². The van der Waals surface area contributed by atoms with Crippen molar-refractivity contribution in [3.63, 3.8) is 0 Å². The molecule has 0 aliphatic heterocycles. The Labute approximate surface area is 100 Å². The third-order valence-corrected chi connectivity index (χ3v) is 4.93. The second-order valence-corrected chi connectivity index (χ2v) is 6.65. The van der Waals surface area contributed by atoms with Gasteiger partial charge >= 0.3 is 0 Å². The summed E-state index contributed by atoms with van der Waals surface area (Å²) in [7, 11) is -3.19. The summed E-state index contributed by atoms with van der Waals surface area (Å²) in [5.41, 5.74) is 0.474. The molecule has 0 radical (unpaired) electrons. The van der Waals surface area contributed by atoms with Gasteiger partial charge in [0.05, 0.1) is 22.3 Å². The summed E-state index contributed by atoms with van der Waals surface area (Å²) < 4.78 is 23.6. The maximum atomic E-state index is 11.8. The van der Waals surface area contributed by atoms with E-state index in [4.69, 9.17) is 5.26 Å². The zero-order chi connectivity index (χ0) is 12.0. The second kappa shape index (κ2) is 5.92. The minimum absolute atomic E-state index is 0.150. The Bertz CT molecular complexity index is 472. The van der Waals surface area contributed by atoms with Crippen molar-refractivity contribution in [2.45, 2.75) is 11.8 Å². The van der Waals surface area contributed by atoms with Gasteiger partial charge in [0.1, 0.15) is 0 Å². The molecule has 1 aromatic rings. The summed E-state index contributed by atoms with van der Waals surface area (Å²) in [6.07, 6.45) is 0. The predicted octanol–water partition coefficient (Wildman–Crippen LogP) is 2.09. The van der Waals surface area contributed by atoms with Gasteiger partial charge in [-0.1, -0.05) is 6.92 Å². The summed E-state index contributed by atoms with van der Waals surface area (Å²) in [6.45, 7) is 2.00. The maximum Gasteiger partial charge on any atom is 0.179 e. The van der Waals surface area contributed by atoms with Crippen molar-refractivity contribution in [1.82, 2.24) is 0 Å². The molecule has 0 N–H and O–H groups in total. The molecule has 1 aromatic carbocycles. The number of thioether (sulfide) groups is 1. The molecule has 0 aliphatic rings. The Morgan fingerprint density at radius 2 is 1.94 bits per heavy atom. The number of hydrogen-bond acceptors (Lipinski definition) is 4. The summed E-state index contributed by atoms with van der Waals surface area (Å²) in [4.78, 5) is 0.295. The van der Waals surface area contributed by atoms with Gasteiger partial charge in [0.15, 0.2) is 9.84 Å². The number of nitrogens with zero attached hydrogens (tertiary/aromatic N) is 1. The van der Waals surface area contributed by atoms with Crippen molar-refractivity contribution in [2.75, 3.05) is 17.3 Å². The Morgan fingerprint density at radius 3 is 2.44 bits per heavy atom. The molecule has 0 amide bonds. The third kappa shape index (κ3) is 3.54. The van der Waals surface area contributed by atoms with E-state index in [9.17, 15) is 8.42 Å². The average molecular weight is 255 g/mol. The van der Waals surface area contributed by atoms with Crippen LogP contribution in [0.5, 0.6) is 0 Å². The van der Waals surface area contributed by atoms with E-state index in [1.165, 1.54) is 24.3 Å². The zero-order valence-electron chi connectivity index (χ0n) is 9.01. The first-order valence-electron chi connectivity index (χ1n) is 4.91. The van der Waals surface area contributed by atoms with E-state index in [-0.39, 0.29) is 5.75 Å². The molecule has 0 unspecified atom stereocenters. The first-order valence-corrected chi connectivity index (χ1v) is 7.71. The predicted molar refractivity (Wildman–Crippen MR) is 66.2 cm³/mol. The maximum absolute atomic E-state index is 11.8. The molecule has 0 bridgehead atoms. The van der Waals surface area contributed by atoms with Gasteiger partial charge in [0.2, 0.25) is 0 Å². The minimum Gasteiger partial charge on any atom is -0.224 e. The van der Waals surface area contributed by atoms with Crippen LogP contribution in [-0.4, -0.2) is 25.7 Å². The number of hydrogen-bond donors (Lipinski definition) is 0. The molecule has 1 rings (SSSR count). The standard InChI is InChI=1S/C11H13NO2S2/c1-2-15-7-8-16(13,14)11-5-3-10(9-12)4-6-11/h3-6H,2,7-8H2,1H3. The van der Waals surface area contributed by atoms with Gasteiger partial charge < -0.3 is 0 Å². The Morgan fingerprint density at radius 1 is 1.31 bits per heavy atom. The number of benzene rings is 1. The molecule has 0 saturated heterocycles. The monoisotopic (exact) mass is 255 g/mol. The second-order valence-electron chi connectivity index (χ2n) is 3.15. The Hall–Kier alpha value is -0.990. The van der Waals surface area contributed by atoms with Gasteiger partial charge in [-0.05, 0) is 30.0 Å². The van der Waals surface area contributed by atoms with Crippen LogP contribution < -0.4 is 0 Å². The van der Waals surface area contributed by atoms with E-state index in [1.54, 1.807) is 11.8 Å².